The van der Waals surface area contributed by atoms with Crippen LogP contribution < -0.4 is 0 Å². The first kappa shape index (κ1) is 13.3. The third kappa shape index (κ3) is 2.88. The molecule has 3 atom stereocenters. The number of hydrogen-bond donors (Lipinski definition) is 2. The Balaban J connectivity index is 2.82. The Morgan fingerprint density at radius 3 is 2.38 bits per heavy atom. The topological polar surface area (TPSA) is 60.8 Å². The van der Waals surface area contributed by atoms with Crippen LogP contribution in [0.1, 0.15) is 40.5 Å². The molecule has 4 nitrogen and oxygen atoms in total. The standard InChI is InChI=1S/C12H23NO3/c1-8(14)9-5-6-13(11(15)16)10(7-9)12(2,3)4/h8-10,14H,5-7H2,1-4H3,(H,15,16). The van der Waals surface area contributed by atoms with Crippen LogP contribution in [0.2, 0.25) is 0 Å². The number of hydrogen-bond acceptors (Lipinski definition) is 2. The second-order valence-electron chi connectivity index (χ2n) is 5.88. The Morgan fingerprint density at radius 1 is 1.44 bits per heavy atom. The zero-order valence-electron chi connectivity index (χ0n) is 10.6. The van der Waals surface area contributed by atoms with Crippen LogP contribution in [0.25, 0.3) is 0 Å². The van der Waals surface area contributed by atoms with E-state index < -0.39 is 6.09 Å². The van der Waals surface area contributed by atoms with Crippen LogP contribution in [0.5, 0.6) is 0 Å². The van der Waals surface area contributed by atoms with Crippen molar-refractivity contribution in [2.24, 2.45) is 11.3 Å². The van der Waals surface area contributed by atoms with Crippen LogP contribution >= 0.6 is 0 Å². The number of amides is 1. The minimum Gasteiger partial charge on any atom is -0.465 e. The molecule has 1 fully saturated rings. The molecule has 16 heavy (non-hydrogen) atoms. The van der Waals surface area contributed by atoms with E-state index >= 15 is 0 Å². The molecule has 1 heterocycles. The Hall–Kier alpha value is -0.770. The highest BCUT2D eigenvalue weighted by Crippen LogP contribution is 2.35. The third-order valence-electron chi connectivity index (χ3n) is 3.57. The van der Waals surface area contributed by atoms with Crippen molar-refractivity contribution in [3.8, 4) is 0 Å². The summed E-state index contributed by atoms with van der Waals surface area (Å²) in [6.07, 6.45) is 0.328. The molecular formula is C12H23NO3. The number of piperidine rings is 1. The van der Waals surface area contributed by atoms with Gasteiger partial charge in [-0.3, -0.25) is 0 Å². The molecule has 1 aliphatic heterocycles. The lowest BCUT2D eigenvalue weighted by Crippen LogP contribution is -2.52. The van der Waals surface area contributed by atoms with Gasteiger partial charge in [0, 0.05) is 12.6 Å². The number of carboxylic acid groups (broad SMARTS) is 1. The van der Waals surface area contributed by atoms with Crippen molar-refractivity contribution in [3.05, 3.63) is 0 Å². The van der Waals surface area contributed by atoms with E-state index in [9.17, 15) is 9.90 Å². The van der Waals surface area contributed by atoms with Gasteiger partial charge >= 0.3 is 6.09 Å². The number of nitrogens with zero attached hydrogens (tertiary/aromatic N) is 1. The van der Waals surface area contributed by atoms with Gasteiger partial charge in [0.2, 0.25) is 0 Å². The number of rotatable bonds is 1. The maximum atomic E-state index is 11.2. The summed E-state index contributed by atoms with van der Waals surface area (Å²) in [6, 6.07) is -0.00153. The summed E-state index contributed by atoms with van der Waals surface area (Å²) in [5.74, 6) is 0.222. The number of aliphatic hydroxyl groups excluding tert-OH is 1. The molecule has 1 amide bonds. The summed E-state index contributed by atoms with van der Waals surface area (Å²) in [4.78, 5) is 12.7. The third-order valence-corrected chi connectivity index (χ3v) is 3.57. The lowest BCUT2D eigenvalue weighted by Gasteiger charge is -2.45. The monoisotopic (exact) mass is 229 g/mol. The number of carbonyl (C=O) groups is 1. The molecule has 0 spiro atoms. The first-order chi connectivity index (χ1) is 7.23. The lowest BCUT2D eigenvalue weighted by atomic mass is 9.76. The van der Waals surface area contributed by atoms with Crippen LogP contribution in [0.15, 0.2) is 0 Å². The summed E-state index contributed by atoms with van der Waals surface area (Å²) < 4.78 is 0. The van der Waals surface area contributed by atoms with Crippen molar-refractivity contribution in [1.29, 1.82) is 0 Å². The molecule has 1 rings (SSSR count). The fourth-order valence-corrected chi connectivity index (χ4v) is 2.48. The van der Waals surface area contributed by atoms with Gasteiger partial charge in [-0.25, -0.2) is 4.79 Å². The molecule has 1 aliphatic rings. The summed E-state index contributed by atoms with van der Waals surface area (Å²) in [7, 11) is 0. The van der Waals surface area contributed by atoms with Crippen molar-refractivity contribution in [1.82, 2.24) is 4.90 Å². The molecular weight excluding hydrogens is 206 g/mol. The maximum absolute atomic E-state index is 11.2. The minimum atomic E-state index is -0.844. The van der Waals surface area contributed by atoms with E-state index in [1.54, 1.807) is 6.92 Å². The summed E-state index contributed by atoms with van der Waals surface area (Å²) >= 11 is 0. The van der Waals surface area contributed by atoms with Gasteiger partial charge in [-0.15, -0.1) is 0 Å². The van der Waals surface area contributed by atoms with Gasteiger partial charge in [0.25, 0.3) is 0 Å². The Kier molecular flexibility index (Phi) is 3.84. The molecule has 3 unspecified atom stereocenters. The van der Waals surface area contributed by atoms with Crippen LogP contribution in [-0.4, -0.2) is 39.9 Å². The lowest BCUT2D eigenvalue weighted by molar-refractivity contribution is 0.00552. The Labute approximate surface area is 97.3 Å². The van der Waals surface area contributed by atoms with Crippen LogP contribution in [0.3, 0.4) is 0 Å². The summed E-state index contributed by atoms with van der Waals surface area (Å²) in [5.41, 5.74) is -0.0774. The normalized spacial score (nSPS) is 28.9. The van der Waals surface area contributed by atoms with Crippen molar-refractivity contribution in [2.45, 2.75) is 52.7 Å². The van der Waals surface area contributed by atoms with Gasteiger partial charge in [0.15, 0.2) is 0 Å². The average molecular weight is 229 g/mol. The van der Waals surface area contributed by atoms with Gasteiger partial charge in [0.1, 0.15) is 0 Å². The average Bonchev–Trinajstić information content (AvgIpc) is 2.15. The molecule has 1 saturated heterocycles. The smallest absolute Gasteiger partial charge is 0.407 e. The van der Waals surface area contributed by atoms with Crippen LogP contribution in [0.4, 0.5) is 4.79 Å². The molecule has 0 saturated carbocycles. The van der Waals surface area contributed by atoms with Gasteiger partial charge in [-0.1, -0.05) is 20.8 Å². The van der Waals surface area contributed by atoms with Crippen LogP contribution in [0, 0.1) is 11.3 Å². The van der Waals surface area contributed by atoms with Gasteiger partial charge in [0.05, 0.1) is 6.10 Å². The van der Waals surface area contributed by atoms with Crippen molar-refractivity contribution < 1.29 is 15.0 Å². The first-order valence-corrected chi connectivity index (χ1v) is 5.91. The highest BCUT2D eigenvalue weighted by atomic mass is 16.4. The van der Waals surface area contributed by atoms with Crippen molar-refractivity contribution >= 4 is 6.09 Å². The van der Waals surface area contributed by atoms with E-state index in [4.69, 9.17) is 5.11 Å². The second-order valence-corrected chi connectivity index (χ2v) is 5.88. The molecule has 4 heteroatoms. The summed E-state index contributed by atoms with van der Waals surface area (Å²) in [6.45, 7) is 8.49. The molecule has 0 aromatic rings. The second kappa shape index (κ2) is 4.62. The van der Waals surface area contributed by atoms with Crippen molar-refractivity contribution in [3.63, 3.8) is 0 Å². The van der Waals surface area contributed by atoms with E-state index in [-0.39, 0.29) is 23.5 Å². The zero-order chi connectivity index (χ0) is 12.5. The molecule has 2 N–H and O–H groups in total. The SMILES string of the molecule is CC(O)C1CCN(C(=O)O)C(C(C)(C)C)C1. The molecule has 0 aromatic carbocycles. The van der Waals surface area contributed by atoms with Gasteiger partial charge in [-0.05, 0) is 31.1 Å². The molecule has 0 radical (unpaired) electrons. The number of aliphatic hydroxyl groups is 1. The van der Waals surface area contributed by atoms with Gasteiger partial charge in [-0.2, -0.15) is 0 Å². The van der Waals surface area contributed by atoms with E-state index in [1.807, 2.05) is 0 Å². The number of likely N-dealkylation sites (tertiary alicyclic amines) is 1. The van der Waals surface area contributed by atoms with E-state index in [0.29, 0.717) is 6.54 Å². The van der Waals surface area contributed by atoms with E-state index in [2.05, 4.69) is 20.8 Å². The first-order valence-electron chi connectivity index (χ1n) is 5.91. The Bertz CT molecular complexity index is 257. The zero-order valence-corrected chi connectivity index (χ0v) is 10.6. The highest BCUT2D eigenvalue weighted by Gasteiger charge is 2.39. The predicted octanol–water partition coefficient (Wildman–Crippen LogP) is 2.17. The maximum Gasteiger partial charge on any atom is 0.407 e. The highest BCUT2D eigenvalue weighted by molar-refractivity contribution is 5.65. The van der Waals surface area contributed by atoms with E-state index in [0.717, 1.165) is 12.8 Å². The van der Waals surface area contributed by atoms with E-state index in [1.165, 1.54) is 4.90 Å². The fourth-order valence-electron chi connectivity index (χ4n) is 2.48. The van der Waals surface area contributed by atoms with Gasteiger partial charge < -0.3 is 15.1 Å². The van der Waals surface area contributed by atoms with Crippen LogP contribution in [-0.2, 0) is 0 Å². The summed E-state index contributed by atoms with van der Waals surface area (Å²) in [5, 5.41) is 18.8. The Morgan fingerprint density at radius 2 is 2.00 bits per heavy atom. The predicted molar refractivity (Wildman–Crippen MR) is 62.4 cm³/mol. The molecule has 94 valence electrons. The molecule has 0 aliphatic carbocycles. The molecule has 0 aromatic heterocycles. The quantitative estimate of drug-likeness (QED) is 0.724. The van der Waals surface area contributed by atoms with Crippen molar-refractivity contribution in [2.75, 3.05) is 6.54 Å². The fraction of sp³-hybridized carbons (Fsp3) is 0.917. The largest absolute Gasteiger partial charge is 0.465 e. The minimum absolute atomic E-state index is 0.00153. The molecule has 0 bridgehead atoms.